The minimum absolute atomic E-state index is 0.355. The van der Waals surface area contributed by atoms with Crippen LogP contribution in [-0.4, -0.2) is 23.2 Å². The van der Waals surface area contributed by atoms with Crippen molar-refractivity contribution >= 4 is 10.9 Å². The van der Waals surface area contributed by atoms with Crippen LogP contribution in [-0.2, 0) is 0 Å². The minimum atomic E-state index is 0.355. The third kappa shape index (κ3) is 1.48. The molecule has 3 N–H and O–H groups in total. The van der Waals surface area contributed by atoms with Gasteiger partial charge in [-0.1, -0.05) is 18.2 Å². The number of rotatable bonds is 1. The van der Waals surface area contributed by atoms with Crippen LogP contribution in [0.25, 0.3) is 10.9 Å². The van der Waals surface area contributed by atoms with E-state index < -0.39 is 0 Å². The molecule has 1 aliphatic heterocycles. The zero-order valence-corrected chi connectivity index (χ0v) is 9.16. The number of hydrogen-bond acceptors (Lipinski definition) is 2. The van der Waals surface area contributed by atoms with Crippen LogP contribution in [0.5, 0.6) is 5.88 Å². The van der Waals surface area contributed by atoms with E-state index in [1.54, 1.807) is 0 Å². The molecule has 1 aromatic heterocycles. The fourth-order valence-electron chi connectivity index (χ4n) is 2.67. The molecule has 0 spiro atoms. The fraction of sp³-hybridized carbons (Fsp3) is 0.385. The Hall–Kier alpha value is -1.48. The van der Waals surface area contributed by atoms with E-state index in [9.17, 15) is 5.11 Å². The molecule has 0 saturated carbocycles. The Balaban J connectivity index is 2.10. The van der Waals surface area contributed by atoms with Gasteiger partial charge in [0.05, 0.1) is 0 Å². The normalized spacial score (nSPS) is 18.0. The van der Waals surface area contributed by atoms with Crippen LogP contribution >= 0.6 is 0 Å². The van der Waals surface area contributed by atoms with E-state index in [0.717, 1.165) is 37.0 Å². The summed E-state index contributed by atoms with van der Waals surface area (Å²) in [6.45, 7) is 2.09. The highest BCUT2D eigenvalue weighted by Gasteiger charge is 2.22. The number of aromatic amines is 1. The first-order valence-electron chi connectivity index (χ1n) is 5.86. The average Bonchev–Trinajstić information content (AvgIpc) is 2.66. The van der Waals surface area contributed by atoms with Gasteiger partial charge >= 0.3 is 0 Å². The van der Waals surface area contributed by atoms with Crippen molar-refractivity contribution in [2.45, 2.75) is 18.8 Å². The Labute approximate surface area is 94.5 Å². The van der Waals surface area contributed by atoms with Crippen molar-refractivity contribution < 1.29 is 5.11 Å². The summed E-state index contributed by atoms with van der Waals surface area (Å²) in [5.41, 5.74) is 2.14. The highest BCUT2D eigenvalue weighted by atomic mass is 16.3. The van der Waals surface area contributed by atoms with Crippen LogP contribution in [0.3, 0.4) is 0 Å². The van der Waals surface area contributed by atoms with Gasteiger partial charge in [0.15, 0.2) is 5.88 Å². The molecule has 84 valence electrons. The Bertz CT molecular complexity index is 498. The van der Waals surface area contributed by atoms with Gasteiger partial charge in [-0.2, -0.15) is 0 Å². The number of aromatic hydroxyl groups is 1. The number of benzene rings is 1. The lowest BCUT2D eigenvalue weighted by atomic mass is 9.89. The molecule has 3 heteroatoms. The number of aromatic nitrogens is 1. The maximum absolute atomic E-state index is 10.0. The summed E-state index contributed by atoms with van der Waals surface area (Å²) in [6.07, 6.45) is 2.21. The minimum Gasteiger partial charge on any atom is -0.494 e. The van der Waals surface area contributed by atoms with Gasteiger partial charge in [0.2, 0.25) is 0 Å². The molecule has 1 aromatic carbocycles. The summed E-state index contributed by atoms with van der Waals surface area (Å²) in [5, 5.41) is 14.5. The average molecular weight is 216 g/mol. The molecule has 0 amide bonds. The molecular formula is C13H16N2O. The van der Waals surface area contributed by atoms with Gasteiger partial charge < -0.3 is 15.4 Å². The highest BCUT2D eigenvalue weighted by Crippen LogP contribution is 2.37. The van der Waals surface area contributed by atoms with Crippen LogP contribution < -0.4 is 5.32 Å². The van der Waals surface area contributed by atoms with Crippen molar-refractivity contribution in [1.29, 1.82) is 0 Å². The second-order valence-corrected chi connectivity index (χ2v) is 4.46. The number of H-pyrrole nitrogens is 1. The number of piperidine rings is 1. The first-order valence-corrected chi connectivity index (χ1v) is 5.86. The second kappa shape index (κ2) is 3.83. The van der Waals surface area contributed by atoms with Crippen molar-refractivity contribution in [1.82, 2.24) is 10.3 Å². The third-order valence-electron chi connectivity index (χ3n) is 3.47. The summed E-state index contributed by atoms with van der Waals surface area (Å²) in [7, 11) is 0. The molecule has 1 fully saturated rings. The summed E-state index contributed by atoms with van der Waals surface area (Å²) in [4.78, 5) is 3.06. The van der Waals surface area contributed by atoms with Gasteiger partial charge in [-0.15, -0.1) is 0 Å². The van der Waals surface area contributed by atoms with E-state index in [2.05, 4.69) is 16.4 Å². The van der Waals surface area contributed by atoms with Gasteiger partial charge in [0.25, 0.3) is 0 Å². The Kier molecular flexibility index (Phi) is 2.33. The van der Waals surface area contributed by atoms with Gasteiger partial charge in [0, 0.05) is 16.5 Å². The summed E-state index contributed by atoms with van der Waals surface area (Å²) in [5.74, 6) is 0.838. The quantitative estimate of drug-likeness (QED) is 0.685. The smallest absolute Gasteiger partial charge is 0.192 e. The molecule has 0 aliphatic carbocycles. The molecule has 3 nitrogen and oxygen atoms in total. The SMILES string of the molecule is Oc1[nH]c2ccccc2c1C1CCNCC1. The van der Waals surface area contributed by atoms with E-state index in [0.29, 0.717) is 11.8 Å². The molecule has 0 atom stereocenters. The Morgan fingerprint density at radius 1 is 1.12 bits per heavy atom. The molecule has 2 aromatic rings. The van der Waals surface area contributed by atoms with Crippen molar-refractivity contribution in [3.63, 3.8) is 0 Å². The van der Waals surface area contributed by atoms with Gasteiger partial charge in [0.1, 0.15) is 0 Å². The summed E-state index contributed by atoms with van der Waals surface area (Å²) in [6, 6.07) is 8.12. The molecule has 1 aliphatic rings. The standard InChI is InChI=1S/C13H16N2O/c16-13-12(9-5-7-14-8-6-9)10-3-1-2-4-11(10)15-13/h1-4,9,14-16H,5-8H2. The number of fused-ring (bicyclic) bond motifs is 1. The second-order valence-electron chi connectivity index (χ2n) is 4.46. The van der Waals surface area contributed by atoms with Gasteiger partial charge in [-0.05, 0) is 37.9 Å². The van der Waals surface area contributed by atoms with Crippen molar-refractivity contribution in [2.24, 2.45) is 0 Å². The predicted octanol–water partition coefficient (Wildman–Crippen LogP) is 2.34. The summed E-state index contributed by atoms with van der Waals surface area (Å²) >= 11 is 0. The van der Waals surface area contributed by atoms with Crippen LogP contribution in [0.4, 0.5) is 0 Å². The van der Waals surface area contributed by atoms with Crippen molar-refractivity contribution in [3.05, 3.63) is 29.8 Å². The van der Waals surface area contributed by atoms with Crippen molar-refractivity contribution in [3.8, 4) is 5.88 Å². The maximum Gasteiger partial charge on any atom is 0.192 e. The predicted molar refractivity (Wildman–Crippen MR) is 64.8 cm³/mol. The molecule has 0 radical (unpaired) electrons. The number of para-hydroxylation sites is 1. The first-order chi connectivity index (χ1) is 7.86. The van der Waals surface area contributed by atoms with Gasteiger partial charge in [-0.3, -0.25) is 0 Å². The molecule has 0 bridgehead atoms. The zero-order chi connectivity index (χ0) is 11.0. The van der Waals surface area contributed by atoms with Gasteiger partial charge in [-0.25, -0.2) is 0 Å². The fourth-order valence-corrected chi connectivity index (χ4v) is 2.67. The Morgan fingerprint density at radius 3 is 2.69 bits per heavy atom. The van der Waals surface area contributed by atoms with E-state index in [-0.39, 0.29) is 0 Å². The Morgan fingerprint density at radius 2 is 1.88 bits per heavy atom. The number of nitrogens with one attached hydrogen (secondary N) is 2. The molecule has 3 rings (SSSR count). The lowest BCUT2D eigenvalue weighted by Crippen LogP contribution is -2.26. The third-order valence-corrected chi connectivity index (χ3v) is 3.47. The molecule has 16 heavy (non-hydrogen) atoms. The summed E-state index contributed by atoms with van der Waals surface area (Å²) < 4.78 is 0. The molecular weight excluding hydrogens is 200 g/mol. The van der Waals surface area contributed by atoms with E-state index in [1.165, 1.54) is 5.39 Å². The largest absolute Gasteiger partial charge is 0.494 e. The van der Waals surface area contributed by atoms with E-state index >= 15 is 0 Å². The maximum atomic E-state index is 10.0. The van der Waals surface area contributed by atoms with Crippen LogP contribution in [0, 0.1) is 0 Å². The van der Waals surface area contributed by atoms with E-state index in [1.807, 2.05) is 18.2 Å². The monoisotopic (exact) mass is 216 g/mol. The molecule has 2 heterocycles. The number of hydrogen-bond donors (Lipinski definition) is 3. The topological polar surface area (TPSA) is 48.0 Å². The van der Waals surface area contributed by atoms with Crippen LogP contribution in [0.15, 0.2) is 24.3 Å². The van der Waals surface area contributed by atoms with Crippen molar-refractivity contribution in [2.75, 3.05) is 13.1 Å². The lowest BCUT2D eigenvalue weighted by molar-refractivity contribution is 0.418. The molecule has 1 saturated heterocycles. The van der Waals surface area contributed by atoms with Crippen LogP contribution in [0.2, 0.25) is 0 Å². The van der Waals surface area contributed by atoms with E-state index in [4.69, 9.17) is 0 Å². The first kappa shape index (κ1) is 9.73. The zero-order valence-electron chi connectivity index (χ0n) is 9.16. The van der Waals surface area contributed by atoms with Crippen LogP contribution in [0.1, 0.15) is 24.3 Å². The lowest BCUT2D eigenvalue weighted by Gasteiger charge is -2.22. The molecule has 0 unspecified atom stereocenters. The highest BCUT2D eigenvalue weighted by molar-refractivity contribution is 5.86.